The zero-order chi connectivity index (χ0) is 15.2. The number of carbonyl (C=O) groups is 1. The summed E-state index contributed by atoms with van der Waals surface area (Å²) in [6.45, 7) is 0.250. The van der Waals surface area contributed by atoms with Crippen LogP contribution in [0.3, 0.4) is 0 Å². The van der Waals surface area contributed by atoms with Crippen molar-refractivity contribution < 1.29 is 9.53 Å². The summed E-state index contributed by atoms with van der Waals surface area (Å²) in [5.41, 5.74) is 4.08. The van der Waals surface area contributed by atoms with Crippen LogP contribution in [0.15, 0.2) is 36.5 Å². The number of amides is 1. The van der Waals surface area contributed by atoms with Gasteiger partial charge in [0.15, 0.2) is 0 Å². The predicted octanol–water partition coefficient (Wildman–Crippen LogP) is 1.96. The van der Waals surface area contributed by atoms with E-state index >= 15 is 0 Å². The molecule has 110 valence electrons. The van der Waals surface area contributed by atoms with Crippen LogP contribution in [0, 0.1) is 0 Å². The molecule has 0 fully saturated rings. The number of nitrogens with two attached hydrogens (primary N) is 1. The van der Waals surface area contributed by atoms with E-state index in [-0.39, 0.29) is 12.5 Å². The number of rotatable bonds is 5. The number of anilines is 1. The largest absolute Gasteiger partial charge is 0.496 e. The second-order valence-electron chi connectivity index (χ2n) is 4.18. The average Bonchev–Trinajstić information content (AvgIpc) is 2.53. The SMILES string of the molecule is COc1cccc(Cl)c1CNC(=O)c1ccc(NN)cn1. The average molecular weight is 307 g/mol. The predicted molar refractivity (Wildman–Crippen MR) is 81.2 cm³/mol. The minimum atomic E-state index is -0.305. The number of halogens is 1. The fourth-order valence-electron chi connectivity index (χ4n) is 1.77. The van der Waals surface area contributed by atoms with E-state index in [0.29, 0.717) is 22.2 Å². The van der Waals surface area contributed by atoms with Gasteiger partial charge in [-0.1, -0.05) is 17.7 Å². The van der Waals surface area contributed by atoms with Crippen LogP contribution in [0.1, 0.15) is 16.1 Å². The molecule has 0 aliphatic carbocycles. The molecule has 1 aromatic heterocycles. The van der Waals surface area contributed by atoms with Crippen molar-refractivity contribution in [2.45, 2.75) is 6.54 Å². The normalized spacial score (nSPS) is 10.0. The summed E-state index contributed by atoms with van der Waals surface area (Å²) < 4.78 is 5.22. The molecule has 1 aromatic carbocycles. The molecule has 4 N–H and O–H groups in total. The van der Waals surface area contributed by atoms with Gasteiger partial charge in [-0.2, -0.15) is 0 Å². The van der Waals surface area contributed by atoms with Crippen molar-refractivity contribution in [2.75, 3.05) is 12.5 Å². The monoisotopic (exact) mass is 306 g/mol. The fraction of sp³-hybridized carbons (Fsp3) is 0.143. The summed E-state index contributed by atoms with van der Waals surface area (Å²) in [6.07, 6.45) is 1.48. The van der Waals surface area contributed by atoms with Crippen LogP contribution < -0.4 is 21.3 Å². The third kappa shape index (κ3) is 3.62. The van der Waals surface area contributed by atoms with Crippen molar-refractivity contribution in [3.63, 3.8) is 0 Å². The quantitative estimate of drug-likeness (QED) is 0.580. The molecule has 6 nitrogen and oxygen atoms in total. The van der Waals surface area contributed by atoms with Crippen molar-refractivity contribution in [3.8, 4) is 5.75 Å². The zero-order valence-corrected chi connectivity index (χ0v) is 12.1. The number of aromatic nitrogens is 1. The Morgan fingerprint density at radius 2 is 2.19 bits per heavy atom. The van der Waals surface area contributed by atoms with Gasteiger partial charge >= 0.3 is 0 Å². The van der Waals surface area contributed by atoms with E-state index in [4.69, 9.17) is 22.2 Å². The number of hydrazine groups is 1. The zero-order valence-electron chi connectivity index (χ0n) is 11.4. The van der Waals surface area contributed by atoms with E-state index in [9.17, 15) is 4.79 Å². The van der Waals surface area contributed by atoms with E-state index < -0.39 is 0 Å². The summed E-state index contributed by atoms with van der Waals surface area (Å²) in [6, 6.07) is 8.55. The molecule has 2 rings (SSSR count). The number of hydrogen-bond donors (Lipinski definition) is 3. The maximum atomic E-state index is 12.0. The number of carbonyl (C=O) groups excluding carboxylic acids is 1. The van der Waals surface area contributed by atoms with Crippen LogP contribution in [0.2, 0.25) is 5.02 Å². The topological polar surface area (TPSA) is 89.3 Å². The van der Waals surface area contributed by atoms with Gasteiger partial charge in [-0.3, -0.25) is 10.6 Å². The van der Waals surface area contributed by atoms with Gasteiger partial charge in [0.05, 0.1) is 19.0 Å². The molecule has 1 heterocycles. The Bertz CT molecular complexity index is 631. The van der Waals surface area contributed by atoms with Crippen LogP contribution in [0.5, 0.6) is 5.75 Å². The summed E-state index contributed by atoms with van der Waals surface area (Å²) in [7, 11) is 1.55. The molecule has 21 heavy (non-hydrogen) atoms. The molecule has 0 spiro atoms. The van der Waals surface area contributed by atoms with Crippen molar-refractivity contribution in [1.29, 1.82) is 0 Å². The van der Waals surface area contributed by atoms with E-state index in [1.807, 2.05) is 0 Å². The first-order valence-corrected chi connectivity index (χ1v) is 6.55. The van der Waals surface area contributed by atoms with Crippen molar-refractivity contribution in [2.24, 2.45) is 5.84 Å². The number of pyridine rings is 1. The molecule has 0 unspecified atom stereocenters. The second-order valence-corrected chi connectivity index (χ2v) is 4.59. The Hall–Kier alpha value is -2.31. The summed E-state index contributed by atoms with van der Waals surface area (Å²) in [4.78, 5) is 16.0. The highest BCUT2D eigenvalue weighted by atomic mass is 35.5. The van der Waals surface area contributed by atoms with Gasteiger partial charge in [0, 0.05) is 17.1 Å². The van der Waals surface area contributed by atoms with Crippen molar-refractivity contribution >= 4 is 23.2 Å². The summed E-state index contributed by atoms with van der Waals surface area (Å²) >= 11 is 6.11. The fourth-order valence-corrected chi connectivity index (χ4v) is 2.01. The molecule has 0 aliphatic heterocycles. The molecular formula is C14H15ClN4O2. The Balaban J connectivity index is 2.07. The van der Waals surface area contributed by atoms with E-state index in [0.717, 1.165) is 5.56 Å². The first-order chi connectivity index (χ1) is 10.2. The molecule has 7 heteroatoms. The Kier molecular flexibility index (Phi) is 4.97. The molecule has 1 amide bonds. The lowest BCUT2D eigenvalue weighted by Gasteiger charge is -2.11. The van der Waals surface area contributed by atoms with Crippen LogP contribution in [0.4, 0.5) is 5.69 Å². The number of nitrogens with one attached hydrogen (secondary N) is 2. The smallest absolute Gasteiger partial charge is 0.270 e. The van der Waals surface area contributed by atoms with E-state index in [1.54, 1.807) is 37.4 Å². The van der Waals surface area contributed by atoms with Crippen molar-refractivity contribution in [1.82, 2.24) is 10.3 Å². The molecular weight excluding hydrogens is 292 g/mol. The molecule has 0 radical (unpaired) electrons. The van der Waals surface area contributed by atoms with E-state index in [2.05, 4.69) is 15.7 Å². The van der Waals surface area contributed by atoms with Gasteiger partial charge in [-0.15, -0.1) is 0 Å². The number of benzene rings is 1. The first-order valence-electron chi connectivity index (χ1n) is 6.18. The first kappa shape index (κ1) is 15.1. The molecule has 0 saturated carbocycles. The van der Waals surface area contributed by atoms with Gasteiger partial charge < -0.3 is 15.5 Å². The molecule has 0 aliphatic rings. The van der Waals surface area contributed by atoms with E-state index in [1.165, 1.54) is 6.20 Å². The number of nitrogens with zero attached hydrogens (tertiary/aromatic N) is 1. The lowest BCUT2D eigenvalue weighted by Crippen LogP contribution is -2.24. The number of hydrogen-bond acceptors (Lipinski definition) is 5. The van der Waals surface area contributed by atoms with Gasteiger partial charge in [-0.05, 0) is 24.3 Å². The van der Waals surface area contributed by atoms with Gasteiger partial charge in [0.2, 0.25) is 0 Å². The summed E-state index contributed by atoms with van der Waals surface area (Å²) in [5, 5.41) is 3.28. The van der Waals surface area contributed by atoms with Crippen LogP contribution in [-0.4, -0.2) is 18.0 Å². The molecule has 0 saturated heterocycles. The second kappa shape index (κ2) is 6.92. The van der Waals surface area contributed by atoms with Crippen LogP contribution >= 0.6 is 11.6 Å². The number of nitrogen functional groups attached to an aromatic ring is 1. The molecule has 2 aromatic rings. The highest BCUT2D eigenvalue weighted by Crippen LogP contribution is 2.25. The van der Waals surface area contributed by atoms with Crippen LogP contribution in [0.25, 0.3) is 0 Å². The number of ether oxygens (including phenoxy) is 1. The van der Waals surface area contributed by atoms with Gasteiger partial charge in [-0.25, -0.2) is 4.98 Å². The third-order valence-corrected chi connectivity index (χ3v) is 3.24. The van der Waals surface area contributed by atoms with Gasteiger partial charge in [0.25, 0.3) is 5.91 Å². The minimum absolute atomic E-state index is 0.250. The lowest BCUT2D eigenvalue weighted by atomic mass is 10.2. The standard InChI is InChI=1S/C14H15ClN4O2/c1-21-13-4-2-3-11(15)10(13)8-18-14(20)12-6-5-9(19-16)7-17-12/h2-7,19H,8,16H2,1H3,(H,18,20). The number of methoxy groups -OCH3 is 1. The lowest BCUT2D eigenvalue weighted by molar-refractivity contribution is 0.0946. The third-order valence-electron chi connectivity index (χ3n) is 2.88. The Morgan fingerprint density at radius 1 is 1.38 bits per heavy atom. The maximum Gasteiger partial charge on any atom is 0.270 e. The van der Waals surface area contributed by atoms with Crippen molar-refractivity contribution in [3.05, 3.63) is 52.8 Å². The molecule has 0 bridgehead atoms. The van der Waals surface area contributed by atoms with Crippen LogP contribution in [-0.2, 0) is 6.54 Å². The highest BCUT2D eigenvalue weighted by Gasteiger charge is 2.11. The Morgan fingerprint density at radius 3 is 2.81 bits per heavy atom. The maximum absolute atomic E-state index is 12.0. The minimum Gasteiger partial charge on any atom is -0.496 e. The summed E-state index contributed by atoms with van der Waals surface area (Å²) in [5.74, 6) is 5.56. The molecule has 0 atom stereocenters. The Labute approximate surface area is 127 Å². The highest BCUT2D eigenvalue weighted by molar-refractivity contribution is 6.31. The van der Waals surface area contributed by atoms with Gasteiger partial charge in [0.1, 0.15) is 11.4 Å².